The number of rotatable bonds is 7. The molecule has 0 aromatic heterocycles. The number of carbonyl (C=O) groups excluding carboxylic acids is 1. The van der Waals surface area contributed by atoms with Crippen LogP contribution in [0, 0.1) is 0 Å². The molecule has 0 spiro atoms. The fourth-order valence-corrected chi connectivity index (χ4v) is 2.01. The third-order valence-electron chi connectivity index (χ3n) is 2.14. The zero-order chi connectivity index (χ0) is 12.5. The van der Waals surface area contributed by atoms with Crippen molar-refractivity contribution in [3.8, 4) is 0 Å². The van der Waals surface area contributed by atoms with Gasteiger partial charge in [0.05, 0.1) is 0 Å². The van der Waals surface area contributed by atoms with Gasteiger partial charge < -0.3 is 5.32 Å². The summed E-state index contributed by atoms with van der Waals surface area (Å²) in [5.74, 6) is 2.25. The molecule has 0 aliphatic heterocycles. The molecule has 0 saturated heterocycles. The highest BCUT2D eigenvalue weighted by molar-refractivity contribution is 7.99. The summed E-state index contributed by atoms with van der Waals surface area (Å²) in [6, 6.07) is 7.33. The highest BCUT2D eigenvalue weighted by Gasteiger charge is 2.03. The number of thioether (sulfide) groups is 1. The second-order valence-corrected chi connectivity index (χ2v) is 4.87. The summed E-state index contributed by atoms with van der Waals surface area (Å²) in [7, 11) is 0. The SMILES string of the molecule is C=CCSCCNC(=O)c1ccc(CCl)cc1. The Kier molecular flexibility index (Phi) is 6.82. The lowest BCUT2D eigenvalue weighted by Gasteiger charge is -2.05. The van der Waals surface area contributed by atoms with Gasteiger partial charge in [-0.25, -0.2) is 0 Å². The smallest absolute Gasteiger partial charge is 0.251 e. The summed E-state index contributed by atoms with van der Waals surface area (Å²) < 4.78 is 0. The number of benzene rings is 1. The number of alkyl halides is 1. The van der Waals surface area contributed by atoms with Crippen molar-refractivity contribution in [2.75, 3.05) is 18.1 Å². The number of hydrogen-bond acceptors (Lipinski definition) is 2. The molecule has 1 rings (SSSR count). The predicted octanol–water partition coefficient (Wildman–Crippen LogP) is 3.07. The summed E-state index contributed by atoms with van der Waals surface area (Å²) in [5.41, 5.74) is 1.69. The number of halogens is 1. The van der Waals surface area contributed by atoms with Gasteiger partial charge in [0, 0.05) is 29.5 Å². The molecule has 0 radical (unpaired) electrons. The van der Waals surface area contributed by atoms with Crippen molar-refractivity contribution in [3.05, 3.63) is 48.0 Å². The van der Waals surface area contributed by atoms with Gasteiger partial charge in [0.2, 0.25) is 0 Å². The minimum atomic E-state index is -0.0367. The van der Waals surface area contributed by atoms with E-state index in [-0.39, 0.29) is 5.91 Å². The number of nitrogens with one attached hydrogen (secondary N) is 1. The molecule has 0 aliphatic carbocycles. The molecule has 0 heterocycles. The van der Waals surface area contributed by atoms with Crippen molar-refractivity contribution in [3.63, 3.8) is 0 Å². The van der Waals surface area contributed by atoms with E-state index in [9.17, 15) is 4.79 Å². The van der Waals surface area contributed by atoms with Gasteiger partial charge in [-0.2, -0.15) is 11.8 Å². The van der Waals surface area contributed by atoms with Crippen LogP contribution in [0.3, 0.4) is 0 Å². The van der Waals surface area contributed by atoms with Crippen molar-refractivity contribution in [2.24, 2.45) is 0 Å². The van der Waals surface area contributed by atoms with Gasteiger partial charge in [-0.15, -0.1) is 18.2 Å². The standard InChI is InChI=1S/C13H16ClNOS/c1-2-8-17-9-7-15-13(16)12-5-3-11(10-14)4-6-12/h2-6H,1,7-10H2,(H,15,16). The Bertz CT molecular complexity index is 364. The molecule has 1 aromatic rings. The summed E-state index contributed by atoms with van der Waals surface area (Å²) >= 11 is 7.43. The fourth-order valence-electron chi connectivity index (χ4n) is 1.25. The summed E-state index contributed by atoms with van der Waals surface area (Å²) in [5, 5.41) is 2.87. The van der Waals surface area contributed by atoms with Crippen molar-refractivity contribution in [1.82, 2.24) is 5.32 Å². The Morgan fingerprint density at radius 3 is 2.71 bits per heavy atom. The molecule has 1 aromatic carbocycles. The maximum atomic E-state index is 11.7. The normalized spacial score (nSPS) is 9.94. The third kappa shape index (κ3) is 5.29. The largest absolute Gasteiger partial charge is 0.351 e. The van der Waals surface area contributed by atoms with E-state index in [1.807, 2.05) is 18.2 Å². The van der Waals surface area contributed by atoms with E-state index < -0.39 is 0 Å². The first-order valence-electron chi connectivity index (χ1n) is 5.39. The average Bonchev–Trinajstić information content (AvgIpc) is 2.38. The van der Waals surface area contributed by atoms with Gasteiger partial charge in [-0.05, 0) is 17.7 Å². The maximum Gasteiger partial charge on any atom is 0.251 e. The molecular formula is C13H16ClNOS. The van der Waals surface area contributed by atoms with E-state index in [1.54, 1.807) is 23.9 Å². The second-order valence-electron chi connectivity index (χ2n) is 3.45. The summed E-state index contributed by atoms with van der Waals surface area (Å²) in [6.45, 7) is 4.31. The van der Waals surface area contributed by atoms with Gasteiger partial charge in [0.15, 0.2) is 0 Å². The van der Waals surface area contributed by atoms with Gasteiger partial charge in [-0.1, -0.05) is 18.2 Å². The topological polar surface area (TPSA) is 29.1 Å². The molecule has 92 valence electrons. The lowest BCUT2D eigenvalue weighted by atomic mass is 10.1. The molecule has 0 saturated carbocycles. The highest BCUT2D eigenvalue weighted by Crippen LogP contribution is 2.06. The van der Waals surface area contributed by atoms with E-state index in [2.05, 4.69) is 11.9 Å². The van der Waals surface area contributed by atoms with E-state index in [4.69, 9.17) is 11.6 Å². The van der Waals surface area contributed by atoms with Crippen LogP contribution in [-0.2, 0) is 5.88 Å². The predicted molar refractivity (Wildman–Crippen MR) is 75.9 cm³/mol. The molecule has 1 N–H and O–H groups in total. The Morgan fingerprint density at radius 1 is 1.41 bits per heavy atom. The quantitative estimate of drug-likeness (QED) is 0.468. The van der Waals surface area contributed by atoms with E-state index in [1.165, 1.54) is 0 Å². The molecule has 1 amide bonds. The summed E-state index contributed by atoms with van der Waals surface area (Å²) in [6.07, 6.45) is 1.86. The zero-order valence-electron chi connectivity index (χ0n) is 9.62. The minimum absolute atomic E-state index is 0.0367. The Labute approximate surface area is 111 Å². The first-order valence-corrected chi connectivity index (χ1v) is 7.08. The van der Waals surface area contributed by atoms with Crippen LogP contribution in [0.4, 0.5) is 0 Å². The monoisotopic (exact) mass is 269 g/mol. The van der Waals surface area contributed by atoms with Gasteiger partial charge in [-0.3, -0.25) is 4.79 Å². The highest BCUT2D eigenvalue weighted by atomic mass is 35.5. The van der Waals surface area contributed by atoms with E-state index in [0.717, 1.165) is 17.1 Å². The molecule has 0 atom stereocenters. The van der Waals surface area contributed by atoms with Crippen molar-refractivity contribution < 1.29 is 4.79 Å². The number of hydrogen-bond donors (Lipinski definition) is 1. The van der Waals surface area contributed by atoms with Crippen molar-refractivity contribution in [2.45, 2.75) is 5.88 Å². The third-order valence-corrected chi connectivity index (χ3v) is 3.41. The van der Waals surface area contributed by atoms with Crippen molar-refractivity contribution >= 4 is 29.3 Å². The van der Waals surface area contributed by atoms with E-state index in [0.29, 0.717) is 18.0 Å². The molecule has 0 bridgehead atoms. The van der Waals surface area contributed by atoms with Gasteiger partial charge in [0.25, 0.3) is 5.91 Å². The number of amides is 1. The van der Waals surface area contributed by atoms with Gasteiger partial charge in [0.1, 0.15) is 0 Å². The maximum absolute atomic E-state index is 11.7. The van der Waals surface area contributed by atoms with E-state index >= 15 is 0 Å². The Hall–Kier alpha value is -0.930. The van der Waals surface area contributed by atoms with Crippen LogP contribution in [0.5, 0.6) is 0 Å². The van der Waals surface area contributed by atoms with Crippen LogP contribution in [0.1, 0.15) is 15.9 Å². The zero-order valence-corrected chi connectivity index (χ0v) is 11.2. The second kappa shape index (κ2) is 8.20. The summed E-state index contributed by atoms with van der Waals surface area (Å²) in [4.78, 5) is 11.7. The van der Waals surface area contributed by atoms with Crippen LogP contribution in [-0.4, -0.2) is 24.0 Å². The Morgan fingerprint density at radius 2 is 2.12 bits per heavy atom. The lowest BCUT2D eigenvalue weighted by molar-refractivity contribution is 0.0956. The molecule has 2 nitrogen and oxygen atoms in total. The first-order chi connectivity index (χ1) is 8.27. The van der Waals surface area contributed by atoms with Crippen LogP contribution in [0.25, 0.3) is 0 Å². The first kappa shape index (κ1) is 14.1. The van der Waals surface area contributed by atoms with Crippen LogP contribution in [0.15, 0.2) is 36.9 Å². The minimum Gasteiger partial charge on any atom is -0.351 e. The molecule has 0 aliphatic rings. The molecule has 0 unspecified atom stereocenters. The number of carbonyl (C=O) groups is 1. The molecular weight excluding hydrogens is 254 g/mol. The van der Waals surface area contributed by atoms with Crippen LogP contribution < -0.4 is 5.32 Å². The fraction of sp³-hybridized carbons (Fsp3) is 0.308. The molecule has 0 fully saturated rings. The molecule has 17 heavy (non-hydrogen) atoms. The van der Waals surface area contributed by atoms with Crippen molar-refractivity contribution in [1.29, 1.82) is 0 Å². The van der Waals surface area contributed by atoms with Crippen LogP contribution in [0.2, 0.25) is 0 Å². The average molecular weight is 270 g/mol. The van der Waals surface area contributed by atoms with Gasteiger partial charge >= 0.3 is 0 Å². The molecule has 4 heteroatoms. The Balaban J connectivity index is 2.33. The van der Waals surface area contributed by atoms with Crippen LogP contribution >= 0.6 is 23.4 Å². The lowest BCUT2D eigenvalue weighted by Crippen LogP contribution is -2.25.